The molecule has 0 radical (unpaired) electrons. The molecule has 2 aliphatic rings. The summed E-state index contributed by atoms with van der Waals surface area (Å²) in [6.45, 7) is 10.1. The first-order valence-electron chi connectivity index (χ1n) is 12.9. The molecule has 1 spiro atoms. The van der Waals surface area contributed by atoms with Crippen molar-refractivity contribution < 1.29 is 14.3 Å². The van der Waals surface area contributed by atoms with Crippen LogP contribution in [0, 0.1) is 13.8 Å². The molecular formula is C32H29ClN2O3. The van der Waals surface area contributed by atoms with Gasteiger partial charge in [-0.1, -0.05) is 48.0 Å². The van der Waals surface area contributed by atoms with E-state index in [1.165, 1.54) is 0 Å². The van der Waals surface area contributed by atoms with Crippen molar-refractivity contribution in [3.63, 3.8) is 0 Å². The van der Waals surface area contributed by atoms with Crippen LogP contribution in [0.5, 0.6) is 11.5 Å². The van der Waals surface area contributed by atoms with E-state index in [-0.39, 0.29) is 5.97 Å². The zero-order chi connectivity index (χ0) is 26.6. The number of hydrogen-bond acceptors (Lipinski definition) is 5. The minimum atomic E-state index is -1.09. The number of aryl methyl sites for hydroxylation is 1. The fraction of sp³-hybridized carbons (Fsp3) is 0.219. The van der Waals surface area contributed by atoms with E-state index in [0.29, 0.717) is 17.1 Å². The molecule has 0 fully saturated rings. The Morgan fingerprint density at radius 1 is 0.868 bits per heavy atom. The third kappa shape index (κ3) is 3.49. The maximum atomic E-state index is 13.1. The van der Waals surface area contributed by atoms with Gasteiger partial charge in [-0.2, -0.15) is 0 Å². The van der Waals surface area contributed by atoms with Crippen molar-refractivity contribution in [2.45, 2.75) is 33.3 Å². The molecule has 38 heavy (non-hydrogen) atoms. The number of nitrogens with one attached hydrogen (secondary N) is 1. The van der Waals surface area contributed by atoms with Gasteiger partial charge in [-0.3, -0.25) is 0 Å². The number of fused-ring (bicyclic) bond motifs is 6. The molecule has 192 valence electrons. The average molecular weight is 525 g/mol. The highest BCUT2D eigenvalue weighted by atomic mass is 35.5. The third-order valence-corrected chi connectivity index (χ3v) is 7.95. The number of ether oxygens (including phenoxy) is 2. The molecule has 0 amide bonds. The lowest BCUT2D eigenvalue weighted by Crippen LogP contribution is -2.33. The van der Waals surface area contributed by atoms with Gasteiger partial charge in [-0.05, 0) is 75.2 Å². The number of anilines is 3. The normalized spacial score (nSPS) is 16.8. The number of esters is 1. The molecule has 2 aliphatic heterocycles. The monoisotopic (exact) mass is 524 g/mol. The van der Waals surface area contributed by atoms with E-state index in [9.17, 15) is 4.79 Å². The Morgan fingerprint density at radius 2 is 1.55 bits per heavy atom. The summed E-state index contributed by atoms with van der Waals surface area (Å²) >= 11 is 6.71. The van der Waals surface area contributed by atoms with Gasteiger partial charge < -0.3 is 19.7 Å². The van der Waals surface area contributed by atoms with Crippen molar-refractivity contribution in [3.05, 3.63) is 111 Å². The second kappa shape index (κ2) is 9.10. The van der Waals surface area contributed by atoms with Crippen LogP contribution in [0.4, 0.5) is 17.1 Å². The number of carbonyl (C=O) groups excluding carboxylic acids is 1. The standard InChI is InChI=1S/C32H29ClN2O3/c1-5-35(6-2)30-20(4)29(19(3)17-26(30)33)34-21-15-16-28-25(18-21)32(24-13-9-10-14-27(24)37-28)23-12-8-7-11-22(23)31(36)38-32/h7-18,34H,5-6H2,1-4H3. The van der Waals surface area contributed by atoms with Crippen molar-refractivity contribution in [2.75, 3.05) is 23.3 Å². The second-order valence-electron chi connectivity index (χ2n) is 9.75. The molecule has 1 atom stereocenters. The minimum Gasteiger partial charge on any atom is -0.456 e. The van der Waals surface area contributed by atoms with Crippen LogP contribution in [0.15, 0.2) is 72.8 Å². The number of para-hydroxylation sites is 1. The van der Waals surface area contributed by atoms with Crippen LogP contribution >= 0.6 is 11.6 Å². The van der Waals surface area contributed by atoms with E-state index in [1.54, 1.807) is 0 Å². The first-order valence-corrected chi connectivity index (χ1v) is 13.3. The highest BCUT2D eigenvalue weighted by Crippen LogP contribution is 2.56. The van der Waals surface area contributed by atoms with Crippen molar-refractivity contribution in [2.24, 2.45) is 0 Å². The Morgan fingerprint density at radius 3 is 2.32 bits per heavy atom. The van der Waals surface area contributed by atoms with Crippen LogP contribution in [-0.4, -0.2) is 19.1 Å². The van der Waals surface area contributed by atoms with E-state index < -0.39 is 5.60 Å². The average Bonchev–Trinajstić information content (AvgIpc) is 3.22. The second-order valence-corrected chi connectivity index (χ2v) is 10.2. The number of benzene rings is 4. The minimum absolute atomic E-state index is 0.338. The SMILES string of the molecule is CCN(CC)c1c(Cl)cc(C)c(Nc2ccc3c(c2)C2(OC(=O)c4ccccc42)c2ccccc2O3)c1C. The van der Waals surface area contributed by atoms with E-state index in [0.717, 1.165) is 63.0 Å². The van der Waals surface area contributed by atoms with Crippen molar-refractivity contribution in [1.82, 2.24) is 0 Å². The molecule has 5 nitrogen and oxygen atoms in total. The first-order chi connectivity index (χ1) is 18.4. The Bertz CT molecular complexity index is 1590. The summed E-state index contributed by atoms with van der Waals surface area (Å²) in [4.78, 5) is 15.4. The molecule has 0 aromatic heterocycles. The number of hydrogen-bond donors (Lipinski definition) is 1. The Kier molecular flexibility index (Phi) is 5.84. The van der Waals surface area contributed by atoms with Gasteiger partial charge in [0, 0.05) is 41.2 Å². The largest absolute Gasteiger partial charge is 0.456 e. The van der Waals surface area contributed by atoms with Gasteiger partial charge in [0.25, 0.3) is 0 Å². The molecule has 0 saturated carbocycles. The zero-order valence-corrected chi connectivity index (χ0v) is 22.6. The van der Waals surface area contributed by atoms with E-state index in [1.807, 2.05) is 72.8 Å². The van der Waals surface area contributed by atoms with Gasteiger partial charge in [0.15, 0.2) is 5.60 Å². The maximum Gasteiger partial charge on any atom is 0.340 e. The van der Waals surface area contributed by atoms with Crippen molar-refractivity contribution in [3.8, 4) is 11.5 Å². The van der Waals surface area contributed by atoms with Crippen molar-refractivity contribution >= 4 is 34.6 Å². The number of carbonyl (C=O) groups is 1. The smallest absolute Gasteiger partial charge is 0.340 e. The van der Waals surface area contributed by atoms with Gasteiger partial charge in [0.2, 0.25) is 0 Å². The predicted octanol–water partition coefficient (Wildman–Crippen LogP) is 8.11. The highest BCUT2D eigenvalue weighted by molar-refractivity contribution is 6.33. The number of halogens is 1. The fourth-order valence-electron chi connectivity index (χ4n) is 5.89. The van der Waals surface area contributed by atoms with Crippen LogP contribution in [0.3, 0.4) is 0 Å². The van der Waals surface area contributed by atoms with Gasteiger partial charge in [-0.15, -0.1) is 0 Å². The molecule has 2 heterocycles. The molecule has 1 N–H and O–H groups in total. The topological polar surface area (TPSA) is 50.8 Å². The van der Waals surface area contributed by atoms with Crippen molar-refractivity contribution in [1.29, 1.82) is 0 Å². The molecule has 0 bridgehead atoms. The van der Waals surface area contributed by atoms with Crippen LogP contribution < -0.4 is 15.0 Å². The van der Waals surface area contributed by atoms with Gasteiger partial charge >= 0.3 is 5.97 Å². The lowest BCUT2D eigenvalue weighted by molar-refractivity contribution is 0.0224. The summed E-state index contributed by atoms with van der Waals surface area (Å²) in [5.41, 5.74) is 6.95. The van der Waals surface area contributed by atoms with Crippen LogP contribution in [0.25, 0.3) is 0 Å². The quantitative estimate of drug-likeness (QED) is 0.267. The Hall–Kier alpha value is -3.96. The number of nitrogens with zero attached hydrogens (tertiary/aromatic N) is 1. The third-order valence-electron chi connectivity index (χ3n) is 7.66. The summed E-state index contributed by atoms with van der Waals surface area (Å²) in [5.74, 6) is 1.00. The molecule has 4 aromatic carbocycles. The lowest BCUT2D eigenvalue weighted by atomic mass is 9.77. The number of rotatable bonds is 5. The van der Waals surface area contributed by atoms with Crippen LogP contribution in [0.1, 0.15) is 52.0 Å². The predicted molar refractivity (Wildman–Crippen MR) is 152 cm³/mol. The summed E-state index contributed by atoms with van der Waals surface area (Å²) in [5, 5.41) is 4.39. The van der Waals surface area contributed by atoms with Gasteiger partial charge in [0.1, 0.15) is 11.5 Å². The summed E-state index contributed by atoms with van der Waals surface area (Å²) in [6.07, 6.45) is 0. The zero-order valence-electron chi connectivity index (χ0n) is 21.9. The Labute approximate surface area is 228 Å². The molecule has 6 rings (SSSR count). The van der Waals surface area contributed by atoms with E-state index in [2.05, 4.69) is 37.9 Å². The molecule has 4 aromatic rings. The molecular weight excluding hydrogens is 496 g/mol. The highest BCUT2D eigenvalue weighted by Gasteiger charge is 2.53. The van der Waals surface area contributed by atoms with E-state index in [4.69, 9.17) is 21.1 Å². The summed E-state index contributed by atoms with van der Waals surface area (Å²) in [7, 11) is 0. The van der Waals surface area contributed by atoms with Gasteiger partial charge in [-0.25, -0.2) is 4.79 Å². The molecule has 0 aliphatic carbocycles. The van der Waals surface area contributed by atoms with Crippen LogP contribution in [-0.2, 0) is 10.3 Å². The Balaban J connectivity index is 1.52. The summed E-state index contributed by atoms with van der Waals surface area (Å²) in [6, 6.07) is 23.3. The molecule has 0 saturated heterocycles. The molecule has 1 unspecified atom stereocenters. The first kappa shape index (κ1) is 24.4. The van der Waals surface area contributed by atoms with E-state index >= 15 is 0 Å². The van der Waals surface area contributed by atoms with Gasteiger partial charge in [0.05, 0.1) is 16.3 Å². The maximum absolute atomic E-state index is 13.1. The lowest BCUT2D eigenvalue weighted by Gasteiger charge is -2.36. The summed E-state index contributed by atoms with van der Waals surface area (Å²) < 4.78 is 12.6. The molecule has 6 heteroatoms. The van der Waals surface area contributed by atoms with Crippen LogP contribution in [0.2, 0.25) is 5.02 Å². The fourth-order valence-corrected chi connectivity index (χ4v) is 6.31.